The van der Waals surface area contributed by atoms with Crippen molar-refractivity contribution < 1.29 is 18.0 Å². The van der Waals surface area contributed by atoms with Crippen molar-refractivity contribution in [2.24, 2.45) is 0 Å². The van der Waals surface area contributed by atoms with Gasteiger partial charge in [0.25, 0.3) is 5.91 Å². The summed E-state index contributed by atoms with van der Waals surface area (Å²) in [6.45, 7) is 1.91. The smallest absolute Gasteiger partial charge is 0.309 e. The van der Waals surface area contributed by atoms with Gasteiger partial charge in [0.15, 0.2) is 0 Å². The highest BCUT2D eigenvalue weighted by molar-refractivity contribution is 6.05. The molecule has 1 aromatic heterocycles. The first-order valence-corrected chi connectivity index (χ1v) is 6.17. The molecule has 0 unspecified atom stereocenters. The highest BCUT2D eigenvalue weighted by atomic mass is 19.4. The summed E-state index contributed by atoms with van der Waals surface area (Å²) in [6, 6.07) is 4.65. The van der Waals surface area contributed by atoms with Crippen molar-refractivity contribution in [2.75, 3.05) is 11.4 Å². The van der Waals surface area contributed by atoms with Crippen LogP contribution in [0.4, 0.5) is 18.9 Å². The SMILES string of the molecule is CCN(C(=O)c1cncnc1)c1cccc(C(F)(F)F)c1. The molecule has 7 heteroatoms. The summed E-state index contributed by atoms with van der Waals surface area (Å²) in [5.41, 5.74) is -0.395. The molecule has 4 nitrogen and oxygen atoms in total. The van der Waals surface area contributed by atoms with Crippen LogP contribution >= 0.6 is 0 Å². The summed E-state index contributed by atoms with van der Waals surface area (Å²) < 4.78 is 38.2. The Hall–Kier alpha value is -2.44. The van der Waals surface area contributed by atoms with E-state index >= 15 is 0 Å². The lowest BCUT2D eigenvalue weighted by atomic mass is 10.1. The van der Waals surface area contributed by atoms with Gasteiger partial charge >= 0.3 is 6.18 Å². The standard InChI is InChI=1S/C14H12F3N3O/c1-2-20(13(21)10-7-18-9-19-8-10)12-5-3-4-11(6-12)14(15,16)17/h3-9H,2H2,1H3. The van der Waals surface area contributed by atoms with Crippen molar-refractivity contribution in [1.29, 1.82) is 0 Å². The van der Waals surface area contributed by atoms with Crippen molar-refractivity contribution in [3.8, 4) is 0 Å². The number of benzene rings is 1. The zero-order valence-corrected chi connectivity index (χ0v) is 11.1. The molecule has 0 aliphatic carbocycles. The number of alkyl halides is 3. The van der Waals surface area contributed by atoms with Gasteiger partial charge in [0.1, 0.15) is 6.33 Å². The maximum absolute atomic E-state index is 12.7. The number of hydrogen-bond acceptors (Lipinski definition) is 3. The first-order chi connectivity index (χ1) is 9.93. The number of rotatable bonds is 3. The number of aromatic nitrogens is 2. The van der Waals surface area contributed by atoms with E-state index in [0.29, 0.717) is 0 Å². The normalized spacial score (nSPS) is 11.2. The molecular weight excluding hydrogens is 283 g/mol. The number of amides is 1. The Morgan fingerprint density at radius 1 is 1.24 bits per heavy atom. The van der Waals surface area contributed by atoms with Gasteiger partial charge in [0.2, 0.25) is 0 Å². The average Bonchev–Trinajstić information content (AvgIpc) is 2.48. The molecule has 0 fully saturated rings. The van der Waals surface area contributed by atoms with Crippen LogP contribution in [0.1, 0.15) is 22.8 Å². The van der Waals surface area contributed by atoms with Crippen LogP contribution in [0.15, 0.2) is 43.0 Å². The van der Waals surface area contributed by atoms with Gasteiger partial charge in [-0.15, -0.1) is 0 Å². The number of carbonyl (C=O) groups excluding carboxylic acids is 1. The zero-order chi connectivity index (χ0) is 15.5. The van der Waals surface area contributed by atoms with Gasteiger partial charge < -0.3 is 4.90 Å². The molecule has 0 aliphatic rings. The first-order valence-electron chi connectivity index (χ1n) is 6.17. The molecule has 2 rings (SSSR count). The van der Waals surface area contributed by atoms with E-state index in [9.17, 15) is 18.0 Å². The van der Waals surface area contributed by atoms with E-state index in [1.165, 1.54) is 35.8 Å². The fourth-order valence-corrected chi connectivity index (χ4v) is 1.86. The van der Waals surface area contributed by atoms with Crippen molar-refractivity contribution in [1.82, 2.24) is 9.97 Å². The Bertz CT molecular complexity index is 629. The van der Waals surface area contributed by atoms with Gasteiger partial charge in [-0.1, -0.05) is 6.07 Å². The van der Waals surface area contributed by atoms with Crippen LogP contribution < -0.4 is 4.90 Å². The Labute approximate surface area is 119 Å². The van der Waals surface area contributed by atoms with Crippen LogP contribution in [0.3, 0.4) is 0 Å². The molecule has 0 spiro atoms. The Balaban J connectivity index is 2.36. The highest BCUT2D eigenvalue weighted by Gasteiger charge is 2.31. The number of carbonyl (C=O) groups is 1. The average molecular weight is 295 g/mol. The third-order valence-electron chi connectivity index (χ3n) is 2.85. The Morgan fingerprint density at radius 2 is 1.90 bits per heavy atom. The third-order valence-corrected chi connectivity index (χ3v) is 2.85. The van der Waals surface area contributed by atoms with Crippen molar-refractivity contribution in [3.63, 3.8) is 0 Å². The van der Waals surface area contributed by atoms with Gasteiger partial charge in [-0.05, 0) is 25.1 Å². The summed E-state index contributed by atoms with van der Waals surface area (Å²) in [5, 5.41) is 0. The molecule has 0 atom stereocenters. The van der Waals surface area contributed by atoms with E-state index < -0.39 is 17.6 Å². The van der Waals surface area contributed by atoms with Crippen LogP contribution in [0.2, 0.25) is 0 Å². The number of nitrogens with zero attached hydrogens (tertiary/aromatic N) is 3. The highest BCUT2D eigenvalue weighted by Crippen LogP contribution is 2.31. The summed E-state index contributed by atoms with van der Waals surface area (Å²) in [4.78, 5) is 21.0. The van der Waals surface area contributed by atoms with Crippen LogP contribution in [-0.4, -0.2) is 22.4 Å². The van der Waals surface area contributed by atoms with E-state index in [0.717, 1.165) is 12.1 Å². The van der Waals surface area contributed by atoms with E-state index in [-0.39, 0.29) is 17.8 Å². The summed E-state index contributed by atoms with van der Waals surface area (Å²) in [5.74, 6) is -0.447. The largest absolute Gasteiger partial charge is 0.416 e. The van der Waals surface area contributed by atoms with Gasteiger partial charge in [-0.2, -0.15) is 13.2 Å². The topological polar surface area (TPSA) is 46.1 Å². The minimum Gasteiger partial charge on any atom is -0.309 e. The fraction of sp³-hybridized carbons (Fsp3) is 0.214. The second kappa shape index (κ2) is 5.90. The Morgan fingerprint density at radius 3 is 2.48 bits per heavy atom. The molecule has 0 saturated heterocycles. The predicted molar refractivity (Wildman–Crippen MR) is 70.8 cm³/mol. The number of anilines is 1. The summed E-state index contributed by atoms with van der Waals surface area (Å²) in [6.07, 6.45) is -0.525. The molecule has 0 N–H and O–H groups in total. The molecule has 2 aromatic rings. The fourth-order valence-electron chi connectivity index (χ4n) is 1.86. The maximum atomic E-state index is 12.7. The van der Waals surface area contributed by atoms with Gasteiger partial charge in [-0.3, -0.25) is 4.79 Å². The first kappa shape index (κ1) is 15.0. The van der Waals surface area contributed by atoms with Gasteiger partial charge in [0, 0.05) is 24.6 Å². The van der Waals surface area contributed by atoms with Gasteiger partial charge in [-0.25, -0.2) is 9.97 Å². The number of halogens is 3. The lowest BCUT2D eigenvalue weighted by Crippen LogP contribution is -2.31. The molecule has 1 amide bonds. The van der Waals surface area contributed by atoms with Crippen molar-refractivity contribution in [3.05, 3.63) is 54.1 Å². The molecular formula is C14H12F3N3O. The van der Waals surface area contributed by atoms with Crippen molar-refractivity contribution in [2.45, 2.75) is 13.1 Å². The molecule has 110 valence electrons. The molecule has 1 aromatic carbocycles. The Kier molecular flexibility index (Phi) is 4.21. The minimum atomic E-state index is -4.45. The van der Waals surface area contributed by atoms with E-state index in [1.54, 1.807) is 6.92 Å². The quantitative estimate of drug-likeness (QED) is 0.873. The lowest BCUT2D eigenvalue weighted by molar-refractivity contribution is -0.137. The summed E-state index contributed by atoms with van der Waals surface area (Å²) in [7, 11) is 0. The molecule has 21 heavy (non-hydrogen) atoms. The monoisotopic (exact) mass is 295 g/mol. The summed E-state index contributed by atoms with van der Waals surface area (Å²) >= 11 is 0. The molecule has 0 saturated carbocycles. The number of hydrogen-bond donors (Lipinski definition) is 0. The third kappa shape index (κ3) is 3.36. The lowest BCUT2D eigenvalue weighted by Gasteiger charge is -2.21. The minimum absolute atomic E-state index is 0.182. The van der Waals surface area contributed by atoms with Crippen LogP contribution in [-0.2, 0) is 6.18 Å². The van der Waals surface area contributed by atoms with E-state index in [4.69, 9.17) is 0 Å². The molecule has 0 radical (unpaired) electrons. The second-order valence-electron chi connectivity index (χ2n) is 4.22. The maximum Gasteiger partial charge on any atom is 0.416 e. The van der Waals surface area contributed by atoms with Crippen LogP contribution in [0.5, 0.6) is 0 Å². The van der Waals surface area contributed by atoms with E-state index in [1.807, 2.05) is 0 Å². The van der Waals surface area contributed by atoms with Gasteiger partial charge in [0.05, 0.1) is 11.1 Å². The van der Waals surface area contributed by atoms with Crippen LogP contribution in [0, 0.1) is 0 Å². The second-order valence-corrected chi connectivity index (χ2v) is 4.22. The molecule has 0 aliphatic heterocycles. The molecule has 1 heterocycles. The van der Waals surface area contributed by atoms with Crippen molar-refractivity contribution >= 4 is 11.6 Å². The van der Waals surface area contributed by atoms with Crippen LogP contribution in [0.25, 0.3) is 0 Å². The van der Waals surface area contributed by atoms with E-state index in [2.05, 4.69) is 9.97 Å². The zero-order valence-electron chi connectivity index (χ0n) is 11.1. The molecule has 0 bridgehead atoms. The predicted octanol–water partition coefficient (Wildman–Crippen LogP) is 3.16.